The van der Waals surface area contributed by atoms with E-state index < -0.39 is 6.16 Å². The molecule has 0 aromatic rings. The smallest absolute Gasteiger partial charge is 1.00 e. The van der Waals surface area contributed by atoms with Crippen LogP contribution >= 0.6 is 0 Å². The van der Waals surface area contributed by atoms with Crippen LogP contribution in [0.1, 0.15) is 2.85 Å². The molecule has 0 spiro atoms. The Labute approximate surface area is 128 Å². The molecule has 0 heterocycles. The summed E-state index contributed by atoms with van der Waals surface area (Å²) in [5.41, 5.74) is 0. The normalized spacial score (nSPS) is 3.43. The summed E-state index contributed by atoms with van der Waals surface area (Å²) in [5, 5.41) is 13.9. The van der Waals surface area contributed by atoms with Crippen LogP contribution in [-0.2, 0) is 0 Å². The van der Waals surface area contributed by atoms with Gasteiger partial charge in [-0.05, 0) is 0 Å². The molecule has 6 heteroatoms. The number of hydrogen-bond donors (Lipinski definition) is 2. The van der Waals surface area contributed by atoms with Crippen LogP contribution < -0.4 is 103 Å². The van der Waals surface area contributed by atoms with Gasteiger partial charge >= 0.3 is 109 Å². The topological polar surface area (TPSA) is 57.5 Å². The van der Waals surface area contributed by atoms with E-state index in [1.54, 1.807) is 0 Å². The van der Waals surface area contributed by atoms with Crippen molar-refractivity contribution in [1.82, 2.24) is 0 Å². The molecule has 0 rings (SSSR count). The van der Waals surface area contributed by atoms with E-state index in [1.807, 2.05) is 0 Å². The number of rotatable bonds is 0. The molecule has 0 aliphatic heterocycles. The Balaban J connectivity index is -0.00000000450. The molecule has 0 saturated carbocycles. The van der Waals surface area contributed by atoms with Crippen molar-refractivity contribution in [2.75, 3.05) is 0 Å². The fourth-order valence-electron chi connectivity index (χ4n) is 0. The van der Waals surface area contributed by atoms with Crippen molar-refractivity contribution in [2.24, 2.45) is 0 Å². The minimum atomic E-state index is -1.83. The van der Waals surface area contributed by atoms with Gasteiger partial charge in [-0.2, -0.15) is 0 Å². The number of hydrogen-bond acceptors (Lipinski definition) is 1. The quantitative estimate of drug-likeness (QED) is 0.350. The third-order valence-electron chi connectivity index (χ3n) is 0. The third kappa shape index (κ3) is 58.1. The molecular weight excluding hydrogens is 157 g/mol. The first kappa shape index (κ1) is 22.7. The number of carbonyl (C=O) groups is 1. The first-order chi connectivity index (χ1) is 1.73. The Hall–Kier alpha value is 2.47. The number of carboxylic acid groups (broad SMARTS) is 2. The van der Waals surface area contributed by atoms with Crippen LogP contribution in [0.2, 0.25) is 0 Å². The Morgan fingerprint density at radius 1 is 1.29 bits per heavy atom. The minimum Gasteiger partial charge on any atom is -1.00 e. The molecule has 0 aromatic carbocycles. The monoisotopic (exact) mass is 162 g/mol. The van der Waals surface area contributed by atoms with Gasteiger partial charge in [0.1, 0.15) is 0 Å². The Morgan fingerprint density at radius 3 is 1.29 bits per heavy atom. The van der Waals surface area contributed by atoms with E-state index in [4.69, 9.17) is 15.0 Å². The molecule has 0 aliphatic carbocycles. The van der Waals surface area contributed by atoms with Crippen molar-refractivity contribution in [3.8, 4) is 0 Å². The van der Waals surface area contributed by atoms with Gasteiger partial charge in [-0.3, -0.25) is 4.70 Å². The maximum atomic E-state index is 8.56. The van der Waals surface area contributed by atoms with Crippen molar-refractivity contribution >= 4 is 6.16 Å². The van der Waals surface area contributed by atoms with Gasteiger partial charge in [-0.15, -0.1) is 0 Å². The molecule has 0 bridgehead atoms. The van der Waals surface area contributed by atoms with Crippen molar-refractivity contribution in [1.29, 1.82) is 0 Å². The van der Waals surface area contributed by atoms with Gasteiger partial charge in [0.25, 0.3) is 0 Å². The molecule has 0 saturated heterocycles. The summed E-state index contributed by atoms with van der Waals surface area (Å²) in [6.07, 6.45) is -1.83. The van der Waals surface area contributed by atoms with E-state index >= 15 is 0 Å². The van der Waals surface area contributed by atoms with Crippen molar-refractivity contribution in [3.05, 3.63) is 0 Å². The second-order valence-corrected chi connectivity index (χ2v) is 0.283. The molecule has 0 radical (unpaired) electrons. The Morgan fingerprint density at radius 2 is 1.29 bits per heavy atom. The summed E-state index contributed by atoms with van der Waals surface area (Å²) in [6.45, 7) is 0. The van der Waals surface area contributed by atoms with E-state index in [0.29, 0.717) is 0 Å². The van der Waals surface area contributed by atoms with Crippen LogP contribution in [0.5, 0.6) is 0 Å². The summed E-state index contributed by atoms with van der Waals surface area (Å²) in [6, 6.07) is 0. The van der Waals surface area contributed by atoms with E-state index in [9.17, 15) is 0 Å². The van der Waals surface area contributed by atoms with Crippen molar-refractivity contribution in [3.63, 3.8) is 0 Å². The van der Waals surface area contributed by atoms with Gasteiger partial charge in [0.05, 0.1) is 0 Å². The fourth-order valence-corrected chi connectivity index (χ4v) is 0. The Bertz CT molecular complexity index is 42.8. The van der Waals surface area contributed by atoms with Crippen molar-refractivity contribution < 1.29 is 125 Å². The largest absolute Gasteiger partial charge is 1.00 e. The van der Waals surface area contributed by atoms with Gasteiger partial charge < -0.3 is 13.1 Å². The van der Waals surface area contributed by atoms with Gasteiger partial charge in [0.15, 0.2) is 0 Å². The molecule has 7 heavy (non-hydrogen) atoms. The van der Waals surface area contributed by atoms with E-state index in [1.165, 1.54) is 0 Å². The summed E-state index contributed by atoms with van der Waals surface area (Å²) in [4.78, 5) is 8.56. The predicted octanol–water partition coefficient (Wildman–Crippen LogP) is -5.39. The zero-order valence-electron chi connectivity index (χ0n) is 6.21. The maximum Gasteiger partial charge on any atom is 1.00 e. The predicted molar refractivity (Wildman–Crippen MR) is 15.4 cm³/mol. The minimum absolute atomic E-state index is 0. The molecule has 2 N–H and O–H groups in total. The van der Waals surface area contributed by atoms with Crippen LogP contribution in [0.15, 0.2) is 0 Å². The zero-order valence-corrected chi connectivity index (χ0v) is 10.5. The van der Waals surface area contributed by atoms with Crippen LogP contribution in [0, 0.1) is 0 Å². The van der Waals surface area contributed by atoms with E-state index in [2.05, 4.69) is 0 Å². The molecule has 0 unspecified atom stereocenters. The number of halogens is 1. The van der Waals surface area contributed by atoms with Crippen LogP contribution in [-0.4, -0.2) is 16.4 Å². The fraction of sp³-hybridized carbons (Fsp3) is 0. The first-order valence-corrected chi connectivity index (χ1v) is 0.651. The van der Waals surface area contributed by atoms with Gasteiger partial charge in [-0.1, -0.05) is 0 Å². The SMILES string of the molecule is F.O=C(O)O.[H-].[H-].[K+].[K+]. The summed E-state index contributed by atoms with van der Waals surface area (Å²) in [7, 11) is 0. The van der Waals surface area contributed by atoms with Crippen molar-refractivity contribution in [2.45, 2.75) is 0 Å². The van der Waals surface area contributed by atoms with Gasteiger partial charge in [0, 0.05) is 0 Å². The molecule has 0 aromatic heterocycles. The standard InChI is InChI=1S/CH2O3.FH.2K.2H/c2-1(3)4;;;;;/h(H2,2,3,4);1H;;;;/q;;2*+1;2*-1. The first-order valence-electron chi connectivity index (χ1n) is 0.651. The molecule has 36 valence electrons. The van der Waals surface area contributed by atoms with Crippen LogP contribution in [0.25, 0.3) is 0 Å². The molecule has 0 fully saturated rings. The average molecular weight is 162 g/mol. The van der Waals surface area contributed by atoms with Gasteiger partial charge in [-0.25, -0.2) is 4.79 Å². The third-order valence-corrected chi connectivity index (χ3v) is 0. The van der Waals surface area contributed by atoms with Crippen LogP contribution in [0.3, 0.4) is 0 Å². The summed E-state index contributed by atoms with van der Waals surface area (Å²) >= 11 is 0. The molecule has 3 nitrogen and oxygen atoms in total. The molecule has 0 aliphatic rings. The van der Waals surface area contributed by atoms with E-state index in [0.717, 1.165) is 0 Å². The second-order valence-electron chi connectivity index (χ2n) is 0.283. The summed E-state index contributed by atoms with van der Waals surface area (Å²) in [5.74, 6) is 0. The second kappa shape index (κ2) is 15.8. The maximum absolute atomic E-state index is 8.56. The molecule has 0 atom stereocenters. The average Bonchev–Trinajstić information content (AvgIpc) is 0.811. The van der Waals surface area contributed by atoms with E-state index in [-0.39, 0.29) is 110 Å². The summed E-state index contributed by atoms with van der Waals surface area (Å²) < 4.78 is 0. The van der Waals surface area contributed by atoms with Gasteiger partial charge in [0.2, 0.25) is 0 Å². The Kier molecular flexibility index (Phi) is 51.2. The molecular formula is CH5FK2O3. The zero-order chi connectivity index (χ0) is 3.58. The van der Waals surface area contributed by atoms with Crippen LogP contribution in [0.4, 0.5) is 9.50 Å². The molecule has 0 amide bonds.